The normalized spacial score (nSPS) is 12.4. The van der Waals surface area contributed by atoms with E-state index in [-0.39, 0.29) is 0 Å². The van der Waals surface area contributed by atoms with E-state index in [0.717, 1.165) is 24.5 Å². The van der Waals surface area contributed by atoms with Gasteiger partial charge in [-0.05, 0) is 13.3 Å². The van der Waals surface area contributed by atoms with E-state index in [9.17, 15) is 4.79 Å². The maximum Gasteiger partial charge on any atom is 0.328 e. The number of hydrogen-bond donors (Lipinski definition) is 1. The zero-order valence-electron chi connectivity index (χ0n) is 7.00. The van der Waals surface area contributed by atoms with Crippen molar-refractivity contribution in [3.63, 3.8) is 0 Å². The SMILES string of the molecule is CCCC=C(C)C=CC(=O)O. The van der Waals surface area contributed by atoms with Crippen LogP contribution < -0.4 is 0 Å². The summed E-state index contributed by atoms with van der Waals surface area (Å²) in [5.74, 6) is -0.894. The first-order valence-electron chi connectivity index (χ1n) is 3.74. The minimum atomic E-state index is -0.894. The molecule has 0 heterocycles. The summed E-state index contributed by atoms with van der Waals surface area (Å²) in [4.78, 5) is 10.1. The minimum Gasteiger partial charge on any atom is -0.478 e. The second kappa shape index (κ2) is 5.71. The van der Waals surface area contributed by atoms with Crippen molar-refractivity contribution in [3.8, 4) is 0 Å². The van der Waals surface area contributed by atoms with Crippen molar-refractivity contribution in [3.05, 3.63) is 23.8 Å². The van der Waals surface area contributed by atoms with Crippen molar-refractivity contribution >= 4 is 5.97 Å². The lowest BCUT2D eigenvalue weighted by molar-refractivity contribution is -0.131. The summed E-state index contributed by atoms with van der Waals surface area (Å²) in [5.41, 5.74) is 1.01. The van der Waals surface area contributed by atoms with Crippen molar-refractivity contribution < 1.29 is 9.90 Å². The molecule has 0 aliphatic rings. The zero-order valence-corrected chi connectivity index (χ0v) is 7.00. The van der Waals surface area contributed by atoms with E-state index in [0.29, 0.717) is 0 Å². The molecule has 11 heavy (non-hydrogen) atoms. The Morgan fingerprint density at radius 3 is 2.55 bits per heavy atom. The van der Waals surface area contributed by atoms with Crippen molar-refractivity contribution in [2.45, 2.75) is 26.7 Å². The molecule has 0 aromatic heterocycles. The number of carboxylic acids is 1. The monoisotopic (exact) mass is 154 g/mol. The fourth-order valence-corrected chi connectivity index (χ4v) is 0.643. The topological polar surface area (TPSA) is 37.3 Å². The quantitative estimate of drug-likeness (QED) is 0.498. The summed E-state index contributed by atoms with van der Waals surface area (Å²) in [6.07, 6.45) is 6.90. The van der Waals surface area contributed by atoms with Crippen molar-refractivity contribution in [2.24, 2.45) is 0 Å². The average Bonchev–Trinajstić information content (AvgIpc) is 1.97. The van der Waals surface area contributed by atoms with Gasteiger partial charge >= 0.3 is 5.97 Å². The number of aliphatic carboxylic acids is 1. The molecular formula is C9H14O2. The van der Waals surface area contributed by atoms with E-state index in [1.807, 2.05) is 13.0 Å². The van der Waals surface area contributed by atoms with Crippen LogP contribution in [0.1, 0.15) is 26.7 Å². The molecule has 0 aromatic rings. The van der Waals surface area contributed by atoms with Gasteiger partial charge in [-0.25, -0.2) is 4.79 Å². The standard InChI is InChI=1S/C9H14O2/c1-3-4-5-8(2)6-7-9(10)11/h5-7H,3-4H2,1-2H3,(H,10,11). The second-order valence-electron chi connectivity index (χ2n) is 2.41. The fraction of sp³-hybridized carbons (Fsp3) is 0.444. The van der Waals surface area contributed by atoms with Crippen LogP contribution in [-0.4, -0.2) is 11.1 Å². The molecule has 0 unspecified atom stereocenters. The maximum atomic E-state index is 10.1. The molecule has 0 spiro atoms. The van der Waals surface area contributed by atoms with Gasteiger partial charge in [-0.1, -0.05) is 31.1 Å². The Kier molecular flexibility index (Phi) is 5.17. The van der Waals surface area contributed by atoms with E-state index in [2.05, 4.69) is 6.92 Å². The van der Waals surface area contributed by atoms with Gasteiger partial charge in [0.15, 0.2) is 0 Å². The van der Waals surface area contributed by atoms with Crippen molar-refractivity contribution in [2.75, 3.05) is 0 Å². The Morgan fingerprint density at radius 1 is 1.45 bits per heavy atom. The summed E-state index contributed by atoms with van der Waals surface area (Å²) in [7, 11) is 0. The molecular weight excluding hydrogens is 140 g/mol. The zero-order chi connectivity index (χ0) is 8.69. The molecule has 0 radical (unpaired) electrons. The van der Waals surface area contributed by atoms with Crippen molar-refractivity contribution in [1.29, 1.82) is 0 Å². The van der Waals surface area contributed by atoms with Gasteiger partial charge in [-0.3, -0.25) is 0 Å². The number of carboxylic acid groups (broad SMARTS) is 1. The van der Waals surface area contributed by atoms with Crippen molar-refractivity contribution in [1.82, 2.24) is 0 Å². The van der Waals surface area contributed by atoms with Crippen LogP contribution in [0.15, 0.2) is 23.8 Å². The van der Waals surface area contributed by atoms with Gasteiger partial charge in [0.25, 0.3) is 0 Å². The lowest BCUT2D eigenvalue weighted by atomic mass is 10.2. The predicted octanol–water partition coefficient (Wildman–Crippen LogP) is 2.37. The Labute approximate surface area is 67.2 Å². The summed E-state index contributed by atoms with van der Waals surface area (Å²) in [5, 5.41) is 8.27. The molecule has 0 saturated carbocycles. The number of unbranched alkanes of at least 4 members (excludes halogenated alkanes) is 1. The third-order valence-electron chi connectivity index (χ3n) is 1.24. The Bertz CT molecular complexity index is 178. The van der Waals surface area contributed by atoms with Gasteiger partial charge in [-0.15, -0.1) is 0 Å². The van der Waals surface area contributed by atoms with Crippen LogP contribution in [0.3, 0.4) is 0 Å². The third kappa shape index (κ3) is 6.84. The summed E-state index contributed by atoms with van der Waals surface area (Å²) >= 11 is 0. The molecule has 0 atom stereocenters. The van der Waals surface area contributed by atoms with Gasteiger partial charge in [0, 0.05) is 6.08 Å². The molecule has 0 aromatic carbocycles. The Hall–Kier alpha value is -1.05. The average molecular weight is 154 g/mol. The molecule has 0 amide bonds. The third-order valence-corrected chi connectivity index (χ3v) is 1.24. The predicted molar refractivity (Wildman–Crippen MR) is 45.4 cm³/mol. The smallest absolute Gasteiger partial charge is 0.328 e. The van der Waals surface area contributed by atoms with E-state index >= 15 is 0 Å². The summed E-state index contributed by atoms with van der Waals surface area (Å²) < 4.78 is 0. The fourth-order valence-electron chi connectivity index (χ4n) is 0.643. The molecule has 1 N–H and O–H groups in total. The van der Waals surface area contributed by atoms with E-state index in [1.165, 1.54) is 0 Å². The molecule has 0 rings (SSSR count). The molecule has 0 aliphatic carbocycles. The molecule has 62 valence electrons. The van der Waals surface area contributed by atoms with Gasteiger partial charge < -0.3 is 5.11 Å². The first kappa shape index (κ1) is 9.95. The largest absolute Gasteiger partial charge is 0.478 e. The molecule has 0 saturated heterocycles. The van der Waals surface area contributed by atoms with Crippen LogP contribution in [0.4, 0.5) is 0 Å². The number of hydrogen-bond acceptors (Lipinski definition) is 1. The van der Waals surface area contributed by atoms with Crippen LogP contribution in [0.25, 0.3) is 0 Å². The highest BCUT2D eigenvalue weighted by Gasteiger charge is 1.85. The van der Waals surface area contributed by atoms with E-state index < -0.39 is 5.97 Å². The van der Waals surface area contributed by atoms with Gasteiger partial charge in [0.2, 0.25) is 0 Å². The molecule has 0 fully saturated rings. The number of allylic oxidation sites excluding steroid dienone is 3. The highest BCUT2D eigenvalue weighted by atomic mass is 16.4. The van der Waals surface area contributed by atoms with Crippen LogP contribution in [0.5, 0.6) is 0 Å². The van der Waals surface area contributed by atoms with Gasteiger partial charge in [0.05, 0.1) is 0 Å². The Morgan fingerprint density at radius 2 is 2.09 bits per heavy atom. The lowest BCUT2D eigenvalue weighted by Crippen LogP contribution is -1.85. The summed E-state index contributed by atoms with van der Waals surface area (Å²) in [6.45, 7) is 3.99. The first-order chi connectivity index (χ1) is 5.16. The molecule has 0 aliphatic heterocycles. The minimum absolute atomic E-state index is 0.894. The van der Waals surface area contributed by atoms with Crippen LogP contribution in [-0.2, 0) is 4.79 Å². The first-order valence-corrected chi connectivity index (χ1v) is 3.74. The molecule has 0 bridgehead atoms. The Balaban J connectivity index is 3.84. The second-order valence-corrected chi connectivity index (χ2v) is 2.41. The highest BCUT2D eigenvalue weighted by Crippen LogP contribution is 1.98. The molecule has 2 heteroatoms. The van der Waals surface area contributed by atoms with Crippen LogP contribution in [0, 0.1) is 0 Å². The molecule has 2 nitrogen and oxygen atoms in total. The van der Waals surface area contributed by atoms with Gasteiger partial charge in [-0.2, -0.15) is 0 Å². The van der Waals surface area contributed by atoms with Crippen LogP contribution in [0.2, 0.25) is 0 Å². The maximum absolute atomic E-state index is 10.1. The highest BCUT2D eigenvalue weighted by molar-refractivity contribution is 5.80. The number of rotatable bonds is 4. The number of carbonyl (C=O) groups is 1. The summed E-state index contributed by atoms with van der Waals surface area (Å²) in [6, 6.07) is 0. The van der Waals surface area contributed by atoms with Crippen LogP contribution >= 0.6 is 0 Å². The lowest BCUT2D eigenvalue weighted by Gasteiger charge is -1.89. The van der Waals surface area contributed by atoms with E-state index in [1.54, 1.807) is 6.08 Å². The van der Waals surface area contributed by atoms with Gasteiger partial charge in [0.1, 0.15) is 0 Å². The van der Waals surface area contributed by atoms with E-state index in [4.69, 9.17) is 5.11 Å².